The van der Waals surface area contributed by atoms with E-state index >= 15 is 0 Å². The van der Waals surface area contributed by atoms with Crippen molar-refractivity contribution in [2.75, 3.05) is 36.9 Å². The van der Waals surface area contributed by atoms with Gasteiger partial charge in [0.25, 0.3) is 0 Å². The Morgan fingerprint density at radius 3 is 2.70 bits per heavy atom. The zero-order chi connectivity index (χ0) is 32.2. The lowest BCUT2D eigenvalue weighted by molar-refractivity contribution is -0.230. The van der Waals surface area contributed by atoms with E-state index in [1.54, 1.807) is 12.1 Å². The number of benzene rings is 1. The molecule has 10 heteroatoms. The standard InChI is InChI=1S/C36H48FN7O2/c1-5-31(35-20-36(21-35,22-35)33(45)46)42(3)34-40-28-12-11-25(24-9-6-10-26(37)16-24)17-27(28)32(41-34)39-29(30-13-14-38-43(30)4)19-44-15-7-8-23(2)18-44/h6,9-10,13-14,16,23,25,29,31H,5,7-8,11-12,15,17-22H2,1-4H3,(H,45,46)(H,39,40,41)/t23-,25+,29-,31+,35?,36?/m0/s1. The van der Waals surface area contributed by atoms with Crippen LogP contribution in [0.1, 0.15) is 93.3 Å². The maximum absolute atomic E-state index is 14.3. The second-order valence-corrected chi connectivity index (χ2v) is 14.9. The van der Waals surface area contributed by atoms with Crippen LogP contribution in [0.15, 0.2) is 36.5 Å². The van der Waals surface area contributed by atoms with E-state index in [9.17, 15) is 14.3 Å². The molecule has 0 radical (unpaired) electrons. The van der Waals surface area contributed by atoms with Crippen LogP contribution in [0.25, 0.3) is 0 Å². The first-order chi connectivity index (χ1) is 22.1. The van der Waals surface area contributed by atoms with Crippen molar-refractivity contribution >= 4 is 17.7 Å². The van der Waals surface area contributed by atoms with Crippen LogP contribution in [0.3, 0.4) is 0 Å². The molecule has 3 saturated carbocycles. The Morgan fingerprint density at radius 2 is 2.02 bits per heavy atom. The molecule has 2 bridgehead atoms. The minimum atomic E-state index is -0.652. The van der Waals surface area contributed by atoms with Crippen LogP contribution >= 0.6 is 0 Å². The highest BCUT2D eigenvalue weighted by molar-refractivity contribution is 5.79. The predicted molar refractivity (Wildman–Crippen MR) is 176 cm³/mol. The molecule has 3 aromatic rings. The number of nitrogens with zero attached hydrogens (tertiary/aromatic N) is 6. The third-order valence-corrected chi connectivity index (χ3v) is 11.7. The van der Waals surface area contributed by atoms with Crippen molar-refractivity contribution in [3.8, 4) is 0 Å². The predicted octanol–water partition coefficient (Wildman–Crippen LogP) is 5.98. The van der Waals surface area contributed by atoms with Crippen molar-refractivity contribution in [3.05, 3.63) is 64.9 Å². The van der Waals surface area contributed by atoms with E-state index in [-0.39, 0.29) is 29.2 Å². The molecular weight excluding hydrogens is 581 g/mol. The summed E-state index contributed by atoms with van der Waals surface area (Å²) in [6, 6.07) is 9.25. The highest BCUT2D eigenvalue weighted by atomic mass is 19.1. The van der Waals surface area contributed by atoms with Crippen molar-refractivity contribution in [1.82, 2.24) is 24.6 Å². The molecule has 2 aromatic heterocycles. The summed E-state index contributed by atoms with van der Waals surface area (Å²) in [5.41, 5.74) is 3.78. The number of anilines is 2. The second kappa shape index (κ2) is 11.9. The Bertz CT molecular complexity index is 1590. The number of carboxylic acid groups (broad SMARTS) is 1. The molecule has 4 atom stereocenters. The lowest BCUT2D eigenvalue weighted by Crippen LogP contribution is -2.72. The zero-order valence-corrected chi connectivity index (χ0v) is 27.7. The van der Waals surface area contributed by atoms with Gasteiger partial charge in [0.2, 0.25) is 5.95 Å². The molecule has 8 rings (SSSR count). The summed E-state index contributed by atoms with van der Waals surface area (Å²) in [6.07, 6.45) is 9.88. The Kier molecular flexibility index (Phi) is 8.06. The van der Waals surface area contributed by atoms with Gasteiger partial charge in [-0.05, 0) is 105 Å². The number of aryl methyl sites for hydroxylation is 2. The van der Waals surface area contributed by atoms with Gasteiger partial charge in [0.1, 0.15) is 11.6 Å². The number of aromatic nitrogens is 4. The van der Waals surface area contributed by atoms with Crippen LogP contribution in [0.2, 0.25) is 0 Å². The van der Waals surface area contributed by atoms with E-state index in [4.69, 9.17) is 9.97 Å². The molecule has 1 aliphatic heterocycles. The summed E-state index contributed by atoms with van der Waals surface area (Å²) < 4.78 is 16.2. The molecule has 4 aliphatic carbocycles. The summed E-state index contributed by atoms with van der Waals surface area (Å²) in [5.74, 6) is 1.54. The first-order valence-corrected chi connectivity index (χ1v) is 17.2. The molecule has 46 heavy (non-hydrogen) atoms. The molecule has 2 N–H and O–H groups in total. The number of nitrogens with one attached hydrogen (secondary N) is 1. The highest BCUT2D eigenvalue weighted by Crippen LogP contribution is 2.75. The van der Waals surface area contributed by atoms with Crippen molar-refractivity contribution in [3.63, 3.8) is 0 Å². The van der Waals surface area contributed by atoms with E-state index in [0.717, 1.165) is 92.9 Å². The van der Waals surface area contributed by atoms with Crippen LogP contribution < -0.4 is 10.2 Å². The largest absolute Gasteiger partial charge is 0.481 e. The van der Waals surface area contributed by atoms with Crippen molar-refractivity contribution in [2.45, 2.75) is 89.6 Å². The number of rotatable bonds is 11. The van der Waals surface area contributed by atoms with Gasteiger partial charge < -0.3 is 20.2 Å². The van der Waals surface area contributed by atoms with Crippen molar-refractivity contribution in [1.29, 1.82) is 0 Å². The van der Waals surface area contributed by atoms with E-state index < -0.39 is 11.4 Å². The van der Waals surface area contributed by atoms with Gasteiger partial charge in [-0.1, -0.05) is 26.0 Å². The van der Waals surface area contributed by atoms with Crippen LogP contribution in [-0.4, -0.2) is 68.4 Å². The Labute approximate surface area is 271 Å². The zero-order valence-electron chi connectivity index (χ0n) is 27.7. The third-order valence-electron chi connectivity index (χ3n) is 11.7. The monoisotopic (exact) mass is 629 g/mol. The molecule has 5 aliphatic rings. The average Bonchev–Trinajstić information content (AvgIpc) is 3.42. The van der Waals surface area contributed by atoms with Crippen LogP contribution in [0.4, 0.5) is 16.2 Å². The number of likely N-dealkylation sites (tertiary alicyclic amines) is 1. The molecule has 1 saturated heterocycles. The quantitative estimate of drug-likeness (QED) is 0.268. The number of carbonyl (C=O) groups is 1. The average molecular weight is 630 g/mol. The first-order valence-electron chi connectivity index (χ1n) is 17.2. The fourth-order valence-corrected chi connectivity index (χ4v) is 9.44. The topological polar surface area (TPSA) is 99.4 Å². The van der Waals surface area contributed by atoms with Crippen LogP contribution in [0, 0.1) is 22.6 Å². The molecule has 0 unspecified atom stereocenters. The smallest absolute Gasteiger partial charge is 0.309 e. The fraction of sp³-hybridized carbons (Fsp3) is 0.611. The Hall–Kier alpha value is -3.53. The SMILES string of the molecule is CC[C@@H](N(C)c1nc2c(c(N[C@@H](CN3CCC[C@H](C)C3)c3ccnn3C)n1)C[C@H](c1cccc(F)c1)CC2)C12CC(C(=O)O)(C1)C2. The minimum absolute atomic E-state index is 0.0133. The lowest BCUT2D eigenvalue weighted by Gasteiger charge is -2.71. The number of fused-ring (bicyclic) bond motifs is 1. The summed E-state index contributed by atoms with van der Waals surface area (Å²) in [4.78, 5) is 27.2. The Morgan fingerprint density at radius 1 is 1.22 bits per heavy atom. The molecule has 0 spiro atoms. The molecule has 9 nitrogen and oxygen atoms in total. The third kappa shape index (κ3) is 5.46. The van der Waals surface area contributed by atoms with E-state index in [1.165, 1.54) is 18.9 Å². The highest BCUT2D eigenvalue weighted by Gasteiger charge is 2.74. The number of aliphatic carboxylic acids is 1. The maximum atomic E-state index is 14.3. The fourth-order valence-electron chi connectivity index (χ4n) is 9.44. The first kappa shape index (κ1) is 31.1. The number of halogens is 1. The molecule has 0 amide bonds. The molecule has 4 fully saturated rings. The molecule has 1 aromatic carbocycles. The van der Waals surface area contributed by atoms with E-state index in [0.29, 0.717) is 11.9 Å². The summed E-state index contributed by atoms with van der Waals surface area (Å²) in [5, 5.41) is 18.2. The van der Waals surface area contributed by atoms with E-state index in [2.05, 4.69) is 47.2 Å². The maximum Gasteiger partial charge on any atom is 0.309 e. The second-order valence-electron chi connectivity index (χ2n) is 14.9. The van der Waals surface area contributed by atoms with Gasteiger partial charge in [-0.3, -0.25) is 9.48 Å². The number of carboxylic acids is 1. The van der Waals surface area contributed by atoms with E-state index in [1.807, 2.05) is 24.0 Å². The normalized spacial score (nSPS) is 28.4. The number of hydrogen-bond acceptors (Lipinski definition) is 7. The number of piperidine rings is 1. The van der Waals surface area contributed by atoms with Crippen LogP contribution in [-0.2, 0) is 24.7 Å². The van der Waals surface area contributed by atoms with Gasteiger partial charge in [-0.2, -0.15) is 10.1 Å². The van der Waals surface area contributed by atoms with Gasteiger partial charge in [0.05, 0.1) is 22.8 Å². The molecule has 246 valence electrons. The molecular formula is C36H48FN7O2. The van der Waals surface area contributed by atoms with Gasteiger partial charge >= 0.3 is 5.97 Å². The van der Waals surface area contributed by atoms with Crippen molar-refractivity contribution in [2.24, 2.45) is 23.8 Å². The van der Waals surface area contributed by atoms with Gasteiger partial charge in [0, 0.05) is 45.0 Å². The van der Waals surface area contributed by atoms with Crippen molar-refractivity contribution < 1.29 is 14.3 Å². The van der Waals surface area contributed by atoms with Gasteiger partial charge in [-0.15, -0.1) is 0 Å². The summed E-state index contributed by atoms with van der Waals surface area (Å²) in [6.45, 7) is 7.53. The molecule has 3 heterocycles. The summed E-state index contributed by atoms with van der Waals surface area (Å²) >= 11 is 0. The Balaban J connectivity index is 1.24. The van der Waals surface area contributed by atoms with Gasteiger partial charge in [0.15, 0.2) is 0 Å². The van der Waals surface area contributed by atoms with Gasteiger partial charge in [-0.25, -0.2) is 9.37 Å². The van der Waals surface area contributed by atoms with Crippen LogP contribution in [0.5, 0.6) is 0 Å². The summed E-state index contributed by atoms with van der Waals surface area (Å²) in [7, 11) is 4.08. The number of hydrogen-bond donors (Lipinski definition) is 2. The minimum Gasteiger partial charge on any atom is -0.481 e. The lowest BCUT2D eigenvalue weighted by atomic mass is 9.33.